The quantitative estimate of drug-likeness (QED) is 0.784. The minimum Gasteiger partial charge on any atom is -0.496 e. The van der Waals surface area contributed by atoms with Gasteiger partial charge in [0.2, 0.25) is 5.91 Å². The summed E-state index contributed by atoms with van der Waals surface area (Å²) in [6.45, 7) is 3.64. The zero-order chi connectivity index (χ0) is 18.2. The Hall–Kier alpha value is -2.04. The van der Waals surface area contributed by atoms with E-state index < -0.39 is 0 Å². The molecule has 0 radical (unpaired) electrons. The maximum absolute atomic E-state index is 12.1. The second-order valence-corrected chi connectivity index (χ2v) is 6.59. The van der Waals surface area contributed by atoms with Gasteiger partial charge in [0.25, 0.3) is 0 Å². The first-order valence-corrected chi connectivity index (χ1v) is 8.69. The number of aryl methyl sites for hydroxylation is 1. The van der Waals surface area contributed by atoms with Crippen molar-refractivity contribution in [3.8, 4) is 5.75 Å². The molecule has 2 aromatic rings. The first-order valence-electron chi connectivity index (χ1n) is 8.31. The highest BCUT2D eigenvalue weighted by atomic mass is 35.5. The molecule has 0 atom stereocenters. The Kier molecular flexibility index (Phi) is 7.29. The van der Waals surface area contributed by atoms with Crippen LogP contribution in [0, 0.1) is 6.92 Å². The van der Waals surface area contributed by atoms with Crippen LogP contribution in [0.1, 0.15) is 16.7 Å². The molecule has 2 aromatic carbocycles. The second kappa shape index (κ2) is 9.44. The van der Waals surface area contributed by atoms with Gasteiger partial charge in [-0.1, -0.05) is 35.9 Å². The molecule has 0 unspecified atom stereocenters. The zero-order valence-electron chi connectivity index (χ0n) is 15.0. The fourth-order valence-corrected chi connectivity index (χ4v) is 2.94. The van der Waals surface area contributed by atoms with Crippen molar-refractivity contribution < 1.29 is 9.53 Å². The van der Waals surface area contributed by atoms with Gasteiger partial charge in [-0.3, -0.25) is 9.69 Å². The molecule has 0 saturated heterocycles. The number of nitrogens with zero attached hydrogens (tertiary/aromatic N) is 1. The molecule has 2 rings (SSSR count). The van der Waals surface area contributed by atoms with Crippen molar-refractivity contribution in [1.82, 2.24) is 10.2 Å². The fraction of sp³-hybridized carbons (Fsp3) is 0.350. The highest BCUT2D eigenvalue weighted by Crippen LogP contribution is 2.23. The Morgan fingerprint density at radius 3 is 2.68 bits per heavy atom. The number of hydrogen-bond donors (Lipinski definition) is 1. The number of nitrogens with one attached hydrogen (secondary N) is 1. The van der Waals surface area contributed by atoms with Gasteiger partial charge in [-0.2, -0.15) is 0 Å². The fourth-order valence-electron chi connectivity index (χ4n) is 2.75. The molecule has 1 N–H and O–H groups in total. The van der Waals surface area contributed by atoms with Gasteiger partial charge < -0.3 is 10.1 Å². The third kappa shape index (κ3) is 6.07. The molecule has 0 heterocycles. The average Bonchev–Trinajstić information content (AvgIpc) is 2.56. The van der Waals surface area contributed by atoms with E-state index in [1.807, 2.05) is 36.2 Å². The molecule has 25 heavy (non-hydrogen) atoms. The van der Waals surface area contributed by atoms with E-state index in [0.29, 0.717) is 24.7 Å². The molecule has 0 aliphatic heterocycles. The summed E-state index contributed by atoms with van der Waals surface area (Å²) in [4.78, 5) is 14.1. The van der Waals surface area contributed by atoms with Crippen LogP contribution in [0.3, 0.4) is 0 Å². The van der Waals surface area contributed by atoms with Crippen LogP contribution in [-0.4, -0.2) is 38.1 Å². The van der Waals surface area contributed by atoms with E-state index in [9.17, 15) is 4.79 Å². The molecule has 5 heteroatoms. The molecule has 4 nitrogen and oxygen atoms in total. The minimum absolute atomic E-state index is 0.0112. The largest absolute Gasteiger partial charge is 0.496 e. The molecular weight excluding hydrogens is 336 g/mol. The summed E-state index contributed by atoms with van der Waals surface area (Å²) in [5, 5.41) is 3.64. The predicted molar refractivity (Wildman–Crippen MR) is 102 cm³/mol. The molecule has 134 valence electrons. The van der Waals surface area contributed by atoms with Crippen molar-refractivity contribution in [3.05, 3.63) is 64.2 Å². The summed E-state index contributed by atoms with van der Waals surface area (Å²) in [7, 11) is 3.53. The lowest BCUT2D eigenvalue weighted by Gasteiger charge is -2.18. The van der Waals surface area contributed by atoms with Gasteiger partial charge in [0.15, 0.2) is 0 Å². The van der Waals surface area contributed by atoms with E-state index in [2.05, 4.69) is 24.4 Å². The number of amides is 1. The minimum atomic E-state index is 0.0112. The van der Waals surface area contributed by atoms with Crippen molar-refractivity contribution >= 4 is 17.5 Å². The van der Waals surface area contributed by atoms with Crippen LogP contribution in [0.25, 0.3) is 0 Å². The van der Waals surface area contributed by atoms with E-state index in [1.165, 1.54) is 11.1 Å². The van der Waals surface area contributed by atoms with Crippen molar-refractivity contribution in [2.45, 2.75) is 19.9 Å². The summed E-state index contributed by atoms with van der Waals surface area (Å²) in [5.74, 6) is 0.785. The molecule has 0 fully saturated rings. The Morgan fingerprint density at radius 2 is 1.96 bits per heavy atom. The van der Waals surface area contributed by atoms with Crippen LogP contribution >= 0.6 is 11.6 Å². The molecule has 0 aliphatic rings. The third-order valence-corrected chi connectivity index (χ3v) is 4.31. The van der Waals surface area contributed by atoms with Crippen molar-refractivity contribution in [1.29, 1.82) is 0 Å². The number of rotatable bonds is 8. The Labute approximate surface area is 154 Å². The van der Waals surface area contributed by atoms with Crippen LogP contribution in [0.5, 0.6) is 5.75 Å². The lowest BCUT2D eigenvalue weighted by molar-refractivity contribution is -0.122. The van der Waals surface area contributed by atoms with Gasteiger partial charge in [0, 0.05) is 23.7 Å². The van der Waals surface area contributed by atoms with Crippen molar-refractivity contribution in [2.75, 3.05) is 27.2 Å². The van der Waals surface area contributed by atoms with Gasteiger partial charge in [0.05, 0.1) is 13.7 Å². The van der Waals surface area contributed by atoms with E-state index in [1.54, 1.807) is 13.2 Å². The SMILES string of the molecule is COc1ccc(Cl)cc1CN(C)CC(=O)NCCc1ccccc1C. The molecule has 0 bridgehead atoms. The lowest BCUT2D eigenvalue weighted by atomic mass is 10.1. The topological polar surface area (TPSA) is 41.6 Å². The normalized spacial score (nSPS) is 10.8. The Balaban J connectivity index is 1.80. The maximum Gasteiger partial charge on any atom is 0.234 e. The molecule has 0 saturated carbocycles. The molecular formula is C20H25ClN2O2. The summed E-state index contributed by atoms with van der Waals surface area (Å²) in [6, 6.07) is 13.7. The van der Waals surface area contributed by atoms with Crippen LogP contribution in [0.2, 0.25) is 5.02 Å². The summed E-state index contributed by atoms with van der Waals surface area (Å²) in [5.41, 5.74) is 3.48. The van der Waals surface area contributed by atoms with Crippen molar-refractivity contribution in [3.63, 3.8) is 0 Å². The Morgan fingerprint density at radius 1 is 1.20 bits per heavy atom. The van der Waals surface area contributed by atoms with E-state index in [4.69, 9.17) is 16.3 Å². The molecule has 0 aliphatic carbocycles. The zero-order valence-corrected chi connectivity index (χ0v) is 15.8. The van der Waals surface area contributed by atoms with Crippen LogP contribution in [0.4, 0.5) is 0 Å². The second-order valence-electron chi connectivity index (χ2n) is 6.15. The molecule has 0 aromatic heterocycles. The maximum atomic E-state index is 12.1. The first-order chi connectivity index (χ1) is 12.0. The van der Waals surface area contributed by atoms with Crippen LogP contribution in [-0.2, 0) is 17.8 Å². The van der Waals surface area contributed by atoms with Crippen LogP contribution < -0.4 is 10.1 Å². The van der Waals surface area contributed by atoms with E-state index >= 15 is 0 Å². The number of ether oxygens (including phenoxy) is 1. The van der Waals surface area contributed by atoms with Gasteiger partial charge >= 0.3 is 0 Å². The highest BCUT2D eigenvalue weighted by molar-refractivity contribution is 6.30. The van der Waals surface area contributed by atoms with Crippen molar-refractivity contribution in [2.24, 2.45) is 0 Å². The van der Waals surface area contributed by atoms with Gasteiger partial charge in [-0.15, -0.1) is 0 Å². The highest BCUT2D eigenvalue weighted by Gasteiger charge is 2.10. The monoisotopic (exact) mass is 360 g/mol. The van der Waals surface area contributed by atoms with E-state index in [0.717, 1.165) is 17.7 Å². The lowest BCUT2D eigenvalue weighted by Crippen LogP contribution is -2.35. The average molecular weight is 361 g/mol. The predicted octanol–water partition coefficient (Wildman–Crippen LogP) is 3.45. The number of halogens is 1. The summed E-state index contributed by atoms with van der Waals surface area (Å²) < 4.78 is 5.35. The smallest absolute Gasteiger partial charge is 0.234 e. The molecule has 1 amide bonds. The number of likely N-dealkylation sites (N-methyl/N-ethyl adjacent to an activating group) is 1. The van der Waals surface area contributed by atoms with Gasteiger partial charge in [-0.05, 0) is 49.7 Å². The van der Waals surface area contributed by atoms with Crippen LogP contribution in [0.15, 0.2) is 42.5 Å². The summed E-state index contributed by atoms with van der Waals surface area (Å²) in [6.07, 6.45) is 0.838. The standard InChI is InChI=1S/C20H25ClN2O2/c1-15-6-4-5-7-16(15)10-11-22-20(24)14-23(2)13-17-12-18(21)8-9-19(17)25-3/h4-9,12H,10-11,13-14H2,1-3H3,(H,22,24). The number of hydrogen-bond acceptors (Lipinski definition) is 3. The third-order valence-electron chi connectivity index (χ3n) is 4.07. The van der Waals surface area contributed by atoms with E-state index in [-0.39, 0.29) is 5.91 Å². The van der Waals surface area contributed by atoms with Gasteiger partial charge in [-0.25, -0.2) is 0 Å². The first kappa shape index (κ1) is 19.3. The number of benzene rings is 2. The Bertz CT molecular complexity index is 719. The number of methoxy groups -OCH3 is 1. The number of carbonyl (C=O) groups excluding carboxylic acids is 1. The molecule has 0 spiro atoms. The summed E-state index contributed by atoms with van der Waals surface area (Å²) >= 11 is 6.05. The number of carbonyl (C=O) groups is 1. The van der Waals surface area contributed by atoms with Gasteiger partial charge in [0.1, 0.15) is 5.75 Å².